The highest BCUT2D eigenvalue weighted by Gasteiger charge is 2.37. The van der Waals surface area contributed by atoms with Crippen molar-refractivity contribution in [3.05, 3.63) is 0 Å². The molecular formula is C24H44O6. The number of aliphatic hydroxyl groups is 2. The highest BCUT2D eigenvalue weighted by atomic mass is 16.6. The van der Waals surface area contributed by atoms with E-state index in [4.69, 9.17) is 9.47 Å². The van der Waals surface area contributed by atoms with Gasteiger partial charge in [-0.3, -0.25) is 9.59 Å². The van der Waals surface area contributed by atoms with Gasteiger partial charge in [0.1, 0.15) is 31.5 Å². The van der Waals surface area contributed by atoms with Crippen molar-refractivity contribution in [3.63, 3.8) is 0 Å². The lowest BCUT2D eigenvalue weighted by molar-refractivity contribution is -0.177. The molecule has 0 saturated carbocycles. The van der Waals surface area contributed by atoms with Gasteiger partial charge in [0.2, 0.25) is 0 Å². The largest absolute Gasteiger partial charge is 0.463 e. The van der Waals surface area contributed by atoms with Crippen LogP contribution < -0.4 is 0 Å². The van der Waals surface area contributed by atoms with E-state index in [2.05, 4.69) is 6.92 Å². The van der Waals surface area contributed by atoms with Gasteiger partial charge in [0, 0.05) is 6.42 Å². The number of unbranched alkanes of at least 4 members (excludes halogenated alkanes) is 14. The van der Waals surface area contributed by atoms with E-state index >= 15 is 0 Å². The fourth-order valence-electron chi connectivity index (χ4n) is 3.80. The number of Topliss-reactive ketones (excluding diaryl/α,β-unsaturated/α-hetero) is 1. The van der Waals surface area contributed by atoms with Crippen LogP contribution in [0.1, 0.15) is 110 Å². The van der Waals surface area contributed by atoms with Crippen molar-refractivity contribution >= 4 is 11.8 Å². The molecule has 6 heteroatoms. The molecule has 0 aliphatic carbocycles. The van der Waals surface area contributed by atoms with Gasteiger partial charge in [0.15, 0.2) is 5.78 Å². The van der Waals surface area contributed by atoms with Gasteiger partial charge < -0.3 is 19.7 Å². The SMILES string of the molecule is CCCCCCCCCCCCCCCCCC(=O)OC[C@H]1OCC(=O)[C@@H](O)[C@@H]1O. The maximum absolute atomic E-state index is 11.8. The Balaban J connectivity index is 1.84. The van der Waals surface area contributed by atoms with E-state index in [9.17, 15) is 19.8 Å². The molecule has 0 aromatic carbocycles. The topological polar surface area (TPSA) is 93.1 Å². The van der Waals surface area contributed by atoms with Crippen molar-refractivity contribution in [3.8, 4) is 0 Å². The van der Waals surface area contributed by atoms with Crippen LogP contribution >= 0.6 is 0 Å². The lowest BCUT2D eigenvalue weighted by atomic mass is 10.0. The van der Waals surface area contributed by atoms with Crippen LogP contribution in [0.15, 0.2) is 0 Å². The van der Waals surface area contributed by atoms with Gasteiger partial charge in [-0.1, -0.05) is 96.8 Å². The number of aliphatic hydroxyl groups excluding tert-OH is 2. The third kappa shape index (κ3) is 12.7. The summed E-state index contributed by atoms with van der Waals surface area (Å²) in [6, 6.07) is 0. The molecule has 1 fully saturated rings. The number of ketones is 1. The molecule has 0 unspecified atom stereocenters. The van der Waals surface area contributed by atoms with Crippen LogP contribution in [0, 0.1) is 0 Å². The first kappa shape index (κ1) is 27.1. The van der Waals surface area contributed by atoms with Crippen molar-refractivity contribution in [1.82, 2.24) is 0 Å². The van der Waals surface area contributed by atoms with Crippen molar-refractivity contribution in [1.29, 1.82) is 0 Å². The van der Waals surface area contributed by atoms with Crippen LogP contribution in [-0.2, 0) is 19.1 Å². The third-order valence-corrected chi connectivity index (χ3v) is 5.87. The van der Waals surface area contributed by atoms with E-state index in [-0.39, 0.29) is 19.2 Å². The molecule has 6 nitrogen and oxygen atoms in total. The second kappa shape index (κ2) is 17.7. The number of carbonyl (C=O) groups is 2. The zero-order chi connectivity index (χ0) is 22.0. The fourth-order valence-corrected chi connectivity index (χ4v) is 3.80. The molecule has 1 saturated heterocycles. The Hall–Kier alpha value is -0.980. The van der Waals surface area contributed by atoms with Gasteiger partial charge in [-0.15, -0.1) is 0 Å². The number of carbonyl (C=O) groups excluding carboxylic acids is 2. The normalized spacial score (nSPS) is 21.7. The number of hydrogen-bond donors (Lipinski definition) is 2. The Bertz CT molecular complexity index is 453. The predicted molar refractivity (Wildman–Crippen MR) is 117 cm³/mol. The molecule has 0 amide bonds. The summed E-state index contributed by atoms with van der Waals surface area (Å²) in [7, 11) is 0. The van der Waals surface area contributed by atoms with E-state index in [1.807, 2.05) is 0 Å². The molecule has 0 spiro atoms. The van der Waals surface area contributed by atoms with E-state index in [1.54, 1.807) is 0 Å². The summed E-state index contributed by atoms with van der Waals surface area (Å²) < 4.78 is 10.2. The average molecular weight is 429 g/mol. The predicted octanol–water partition coefficient (Wildman–Crippen LogP) is 4.48. The summed E-state index contributed by atoms with van der Waals surface area (Å²) in [6.45, 7) is 1.86. The summed E-state index contributed by atoms with van der Waals surface area (Å²) in [5.41, 5.74) is 0. The van der Waals surface area contributed by atoms with Crippen LogP contribution in [0.5, 0.6) is 0 Å². The first-order valence-corrected chi connectivity index (χ1v) is 12.2. The van der Waals surface area contributed by atoms with E-state index < -0.39 is 24.1 Å². The minimum atomic E-state index is -1.46. The summed E-state index contributed by atoms with van der Waals surface area (Å²) in [5.74, 6) is -0.880. The van der Waals surface area contributed by atoms with Crippen LogP contribution in [0.2, 0.25) is 0 Å². The molecule has 3 atom stereocenters. The minimum Gasteiger partial charge on any atom is -0.463 e. The monoisotopic (exact) mass is 428 g/mol. The van der Waals surface area contributed by atoms with Crippen molar-refractivity contribution < 1.29 is 29.3 Å². The number of rotatable bonds is 18. The molecule has 1 aliphatic heterocycles. The van der Waals surface area contributed by atoms with Crippen molar-refractivity contribution in [2.24, 2.45) is 0 Å². The average Bonchev–Trinajstić information content (AvgIpc) is 2.74. The first-order chi connectivity index (χ1) is 14.6. The molecular weight excluding hydrogens is 384 g/mol. The molecule has 0 aromatic heterocycles. The van der Waals surface area contributed by atoms with Crippen LogP contribution in [0.3, 0.4) is 0 Å². The standard InChI is InChI=1S/C24H44O6/c1-2-3-4-5-6-7-8-9-10-11-12-13-14-15-16-17-22(26)30-19-21-24(28)23(27)20(25)18-29-21/h21,23-24,27-28H,2-19H2,1H3/t21-,23-,24-/m1/s1. The summed E-state index contributed by atoms with van der Waals surface area (Å²) in [6.07, 6.45) is 15.9. The Kier molecular flexibility index (Phi) is 15.9. The zero-order valence-electron chi connectivity index (χ0n) is 19.0. The smallest absolute Gasteiger partial charge is 0.305 e. The summed E-state index contributed by atoms with van der Waals surface area (Å²) in [5, 5.41) is 19.3. The Labute approximate surface area is 182 Å². The minimum absolute atomic E-state index is 0.136. The molecule has 0 bridgehead atoms. The molecule has 2 N–H and O–H groups in total. The van der Waals surface area contributed by atoms with E-state index in [0.717, 1.165) is 19.3 Å². The lowest BCUT2D eigenvalue weighted by Gasteiger charge is -2.30. The third-order valence-electron chi connectivity index (χ3n) is 5.87. The van der Waals surface area contributed by atoms with Gasteiger partial charge in [-0.25, -0.2) is 0 Å². The number of esters is 1. The Morgan fingerprint density at radius 3 is 1.83 bits per heavy atom. The van der Waals surface area contributed by atoms with Gasteiger partial charge in [0.25, 0.3) is 0 Å². The van der Waals surface area contributed by atoms with E-state index in [1.165, 1.54) is 77.0 Å². The molecule has 1 rings (SSSR count). The molecule has 0 radical (unpaired) electrons. The van der Waals surface area contributed by atoms with Gasteiger partial charge in [-0.2, -0.15) is 0 Å². The quantitative estimate of drug-likeness (QED) is 0.247. The van der Waals surface area contributed by atoms with Crippen LogP contribution in [-0.4, -0.2) is 53.5 Å². The zero-order valence-corrected chi connectivity index (χ0v) is 19.0. The maximum Gasteiger partial charge on any atom is 0.305 e. The van der Waals surface area contributed by atoms with Gasteiger partial charge in [0.05, 0.1) is 0 Å². The summed E-state index contributed by atoms with van der Waals surface area (Å²) >= 11 is 0. The highest BCUT2D eigenvalue weighted by Crippen LogP contribution is 2.15. The second-order valence-electron chi connectivity index (χ2n) is 8.63. The number of hydrogen-bond acceptors (Lipinski definition) is 6. The molecule has 1 heterocycles. The Morgan fingerprint density at radius 1 is 0.867 bits per heavy atom. The highest BCUT2D eigenvalue weighted by molar-refractivity contribution is 5.85. The molecule has 0 aromatic rings. The fraction of sp³-hybridized carbons (Fsp3) is 0.917. The molecule has 176 valence electrons. The summed E-state index contributed by atoms with van der Waals surface area (Å²) in [4.78, 5) is 23.0. The van der Waals surface area contributed by atoms with Gasteiger partial charge in [-0.05, 0) is 6.42 Å². The number of ether oxygens (including phenoxy) is 2. The van der Waals surface area contributed by atoms with Crippen molar-refractivity contribution in [2.45, 2.75) is 128 Å². The van der Waals surface area contributed by atoms with Crippen molar-refractivity contribution in [2.75, 3.05) is 13.2 Å². The maximum atomic E-state index is 11.8. The van der Waals surface area contributed by atoms with Crippen LogP contribution in [0.25, 0.3) is 0 Å². The van der Waals surface area contributed by atoms with Crippen LogP contribution in [0.4, 0.5) is 0 Å². The first-order valence-electron chi connectivity index (χ1n) is 12.2. The Morgan fingerprint density at radius 2 is 1.33 bits per heavy atom. The van der Waals surface area contributed by atoms with E-state index in [0.29, 0.717) is 6.42 Å². The van der Waals surface area contributed by atoms with Gasteiger partial charge >= 0.3 is 5.97 Å². The second-order valence-corrected chi connectivity index (χ2v) is 8.63. The molecule has 1 aliphatic rings. The lowest BCUT2D eigenvalue weighted by Crippen LogP contribution is -2.52. The molecule has 30 heavy (non-hydrogen) atoms.